The first-order valence-corrected chi connectivity index (χ1v) is 6.94. The van der Waals surface area contributed by atoms with E-state index in [1.54, 1.807) is 12.1 Å². The lowest BCUT2D eigenvalue weighted by Gasteiger charge is -1.95. The van der Waals surface area contributed by atoms with Crippen LogP contribution in [0.2, 0.25) is 0 Å². The van der Waals surface area contributed by atoms with E-state index in [2.05, 4.69) is 0 Å². The van der Waals surface area contributed by atoms with Gasteiger partial charge in [-0.25, -0.2) is 13.0 Å². The van der Waals surface area contributed by atoms with Gasteiger partial charge in [0, 0.05) is 23.8 Å². The topological polar surface area (TPSA) is 104 Å². The molecule has 0 amide bonds. The maximum atomic E-state index is 10.6. The van der Waals surface area contributed by atoms with Crippen molar-refractivity contribution in [1.29, 1.82) is 0 Å². The zero-order valence-electron chi connectivity index (χ0n) is 10.3. The van der Waals surface area contributed by atoms with Gasteiger partial charge in [-0.3, -0.25) is 10.1 Å². The third-order valence-electron chi connectivity index (χ3n) is 2.19. The molecule has 0 radical (unpaired) electrons. The minimum atomic E-state index is -3.92. The third kappa shape index (κ3) is 4.98. The molecule has 0 unspecified atom stereocenters. The zero-order valence-corrected chi connectivity index (χ0v) is 11.1. The summed E-state index contributed by atoms with van der Waals surface area (Å²) in [6, 6.07) is 8.69. The molecule has 7 nitrogen and oxygen atoms in total. The van der Waals surface area contributed by atoms with Crippen LogP contribution in [0, 0.1) is 10.1 Å². The molecule has 0 saturated heterocycles. The largest absolute Gasteiger partial charge is 0.748 e. The van der Waals surface area contributed by atoms with Crippen LogP contribution in [-0.4, -0.2) is 24.1 Å². The number of hydrogen-bond acceptors (Lipinski definition) is 5. The average Bonchev–Trinajstić information content (AvgIpc) is 2.27. The van der Waals surface area contributed by atoms with Gasteiger partial charge < -0.3 is 4.55 Å². The predicted octanol–water partition coefficient (Wildman–Crippen LogP) is 0.734. The number of hydrogen-bond donors (Lipinski definition) is 0. The lowest BCUT2D eigenvalue weighted by molar-refractivity contribution is -0.645. The monoisotopic (exact) mass is 284 g/mol. The Morgan fingerprint density at radius 2 is 1.84 bits per heavy atom. The van der Waals surface area contributed by atoms with Crippen molar-refractivity contribution in [2.45, 2.75) is 0 Å². The van der Waals surface area contributed by atoms with Crippen molar-refractivity contribution < 1.29 is 22.5 Å². The second-order valence-electron chi connectivity index (χ2n) is 3.82. The number of rotatable bonds is 1. The average molecular weight is 284 g/mol. The summed E-state index contributed by atoms with van der Waals surface area (Å²) < 4.78 is 29.1. The Kier molecular flexibility index (Phi) is 4.52. The van der Waals surface area contributed by atoms with Gasteiger partial charge >= 0.3 is 0 Å². The van der Waals surface area contributed by atoms with Crippen molar-refractivity contribution >= 4 is 26.7 Å². The minimum Gasteiger partial charge on any atom is -0.748 e. The summed E-state index contributed by atoms with van der Waals surface area (Å²) in [5.74, 6) is 0. The van der Waals surface area contributed by atoms with Gasteiger partial charge in [0.05, 0.1) is 21.1 Å². The second kappa shape index (κ2) is 5.72. The minimum absolute atomic E-state index is 0.124. The number of nitro benzene ring substituents is 1. The first-order valence-electron chi connectivity index (χ1n) is 5.12. The van der Waals surface area contributed by atoms with Crippen molar-refractivity contribution in [2.75, 3.05) is 6.26 Å². The molecule has 0 bridgehead atoms. The summed E-state index contributed by atoms with van der Waals surface area (Å²) in [7, 11) is -2.05. The molecule has 1 aromatic carbocycles. The number of fused-ring (bicyclic) bond motifs is 1. The first kappa shape index (κ1) is 15.0. The fourth-order valence-electron chi connectivity index (χ4n) is 1.45. The van der Waals surface area contributed by atoms with E-state index in [1.165, 1.54) is 6.07 Å². The van der Waals surface area contributed by atoms with Gasteiger partial charge in [-0.1, -0.05) is 0 Å². The summed E-state index contributed by atoms with van der Waals surface area (Å²) in [4.78, 5) is 10.2. The summed E-state index contributed by atoms with van der Waals surface area (Å²) in [5.41, 5.74) is 0.987. The second-order valence-corrected chi connectivity index (χ2v) is 5.23. The van der Waals surface area contributed by atoms with Crippen LogP contribution in [0.3, 0.4) is 0 Å². The fourth-order valence-corrected chi connectivity index (χ4v) is 1.45. The molecular weight excluding hydrogens is 272 g/mol. The highest BCUT2D eigenvalue weighted by Crippen LogP contribution is 2.17. The van der Waals surface area contributed by atoms with Gasteiger partial charge in [0.15, 0.2) is 6.20 Å². The Balaban J connectivity index is 0.000000312. The summed E-state index contributed by atoms with van der Waals surface area (Å²) >= 11 is 0. The number of benzene rings is 1. The Morgan fingerprint density at radius 1 is 1.26 bits per heavy atom. The van der Waals surface area contributed by atoms with Crippen LogP contribution < -0.4 is 4.57 Å². The van der Waals surface area contributed by atoms with Crippen molar-refractivity contribution in [1.82, 2.24) is 0 Å². The normalized spacial score (nSPS) is 10.7. The van der Waals surface area contributed by atoms with Crippen molar-refractivity contribution in [3.8, 4) is 0 Å². The van der Waals surface area contributed by atoms with E-state index in [0.717, 1.165) is 10.9 Å². The molecule has 0 spiro atoms. The van der Waals surface area contributed by atoms with E-state index in [-0.39, 0.29) is 10.6 Å². The molecule has 1 heterocycles. The van der Waals surface area contributed by atoms with Crippen molar-refractivity contribution in [2.24, 2.45) is 7.05 Å². The van der Waals surface area contributed by atoms with Crippen molar-refractivity contribution in [3.63, 3.8) is 0 Å². The number of nitrogens with zero attached hydrogens (tertiary/aromatic N) is 2. The van der Waals surface area contributed by atoms with Gasteiger partial charge in [-0.05, 0) is 12.1 Å². The van der Waals surface area contributed by atoms with E-state index in [1.807, 2.05) is 29.9 Å². The maximum absolute atomic E-state index is 10.6. The van der Waals surface area contributed by atoms with Gasteiger partial charge in [-0.15, -0.1) is 0 Å². The SMILES string of the molecule is CS(=O)(=O)[O-].C[n+]1cccc2ccc([N+](=O)[O-])cc21. The van der Waals surface area contributed by atoms with Crippen LogP contribution in [0.4, 0.5) is 5.69 Å². The molecule has 0 saturated carbocycles. The number of non-ortho nitro benzene ring substituents is 1. The Morgan fingerprint density at radius 3 is 2.37 bits per heavy atom. The molecule has 0 atom stereocenters. The lowest BCUT2D eigenvalue weighted by atomic mass is 10.2. The molecule has 1 aromatic heterocycles. The summed E-state index contributed by atoms with van der Waals surface area (Å²) in [6.07, 6.45) is 2.47. The Bertz CT molecular complexity index is 704. The molecule has 0 aliphatic heterocycles. The molecule has 8 heteroatoms. The standard InChI is InChI=1S/C10H9N2O2.CH4O3S/c1-11-6-2-3-8-4-5-9(12(13)14)7-10(8)11;1-5(2,3)4/h2-7H,1H3;1H3,(H,2,3,4)/q+1;/p-1. The van der Waals surface area contributed by atoms with Crippen LogP contribution in [-0.2, 0) is 17.2 Å². The number of nitro groups is 1. The van der Waals surface area contributed by atoms with Crippen LogP contribution >= 0.6 is 0 Å². The van der Waals surface area contributed by atoms with E-state index >= 15 is 0 Å². The quantitative estimate of drug-likeness (QED) is 0.332. The Hall–Kier alpha value is -2.06. The van der Waals surface area contributed by atoms with Gasteiger partial charge in [-0.2, -0.15) is 0 Å². The van der Waals surface area contributed by atoms with E-state index in [9.17, 15) is 10.1 Å². The summed E-state index contributed by atoms with van der Waals surface area (Å²) in [6.45, 7) is 0. The molecule has 0 aliphatic carbocycles. The predicted molar refractivity (Wildman–Crippen MR) is 67.4 cm³/mol. The number of aryl methyl sites for hydroxylation is 1. The Labute approximate surface area is 110 Å². The molecule has 0 N–H and O–H groups in total. The van der Waals surface area contributed by atoms with Gasteiger partial charge in [0.1, 0.15) is 7.05 Å². The number of aromatic nitrogens is 1. The van der Waals surface area contributed by atoms with Gasteiger partial charge in [0.2, 0.25) is 5.52 Å². The summed E-state index contributed by atoms with van der Waals surface area (Å²) in [5, 5.41) is 11.6. The number of pyridine rings is 1. The van der Waals surface area contributed by atoms with Crippen LogP contribution in [0.25, 0.3) is 10.9 Å². The third-order valence-corrected chi connectivity index (χ3v) is 2.19. The molecule has 0 fully saturated rings. The molecular formula is C11H12N2O5S. The van der Waals surface area contributed by atoms with Crippen LogP contribution in [0.15, 0.2) is 36.5 Å². The highest BCUT2D eigenvalue weighted by Gasteiger charge is 2.10. The van der Waals surface area contributed by atoms with Gasteiger partial charge in [0.25, 0.3) is 5.69 Å². The van der Waals surface area contributed by atoms with Crippen LogP contribution in [0.5, 0.6) is 0 Å². The molecule has 0 aliphatic rings. The highest BCUT2D eigenvalue weighted by molar-refractivity contribution is 7.84. The van der Waals surface area contributed by atoms with Crippen molar-refractivity contribution in [3.05, 3.63) is 46.6 Å². The molecule has 102 valence electrons. The van der Waals surface area contributed by atoms with Crippen LogP contribution in [0.1, 0.15) is 0 Å². The van der Waals surface area contributed by atoms with E-state index in [4.69, 9.17) is 13.0 Å². The lowest BCUT2D eigenvalue weighted by Crippen LogP contribution is -2.27. The highest BCUT2D eigenvalue weighted by atomic mass is 32.2. The zero-order chi connectivity index (χ0) is 14.6. The smallest absolute Gasteiger partial charge is 0.276 e. The molecule has 2 aromatic rings. The fraction of sp³-hybridized carbons (Fsp3) is 0.182. The maximum Gasteiger partial charge on any atom is 0.276 e. The molecule has 2 rings (SSSR count). The van der Waals surface area contributed by atoms with E-state index in [0.29, 0.717) is 6.26 Å². The van der Waals surface area contributed by atoms with E-state index < -0.39 is 10.1 Å². The first-order chi connectivity index (χ1) is 8.68. The molecule has 19 heavy (non-hydrogen) atoms.